The lowest BCUT2D eigenvalue weighted by molar-refractivity contribution is 0.276. The zero-order valence-electron chi connectivity index (χ0n) is 20.7. The third kappa shape index (κ3) is 8.19. The molecule has 2 N–H and O–H groups in total. The number of benzene rings is 3. The number of hydrogen-bond acceptors (Lipinski definition) is 7. The summed E-state index contributed by atoms with van der Waals surface area (Å²) in [5.74, 6) is 0. The fourth-order valence-corrected chi connectivity index (χ4v) is 6.55. The Balaban J connectivity index is 1.75. The van der Waals surface area contributed by atoms with Crippen LogP contribution in [0.5, 0.6) is 0 Å². The summed E-state index contributed by atoms with van der Waals surface area (Å²) >= 11 is 0. The summed E-state index contributed by atoms with van der Waals surface area (Å²) in [6, 6.07) is 17.4. The van der Waals surface area contributed by atoms with Gasteiger partial charge in [-0.25, -0.2) is 26.3 Å². The monoisotopic (exact) mass is 566 g/mol. The molecule has 3 aromatic rings. The zero-order valence-corrected chi connectivity index (χ0v) is 23.2. The SMILES string of the molecule is Cc1ccc(S(=O)(=O)NCC[C@H](COS(=O)(=O)c2ccc(C)cc2)NS(=O)(=O)c2ccc(C)cc2)cc1. The zero-order chi connectivity index (χ0) is 27.3. The van der Waals surface area contributed by atoms with Crippen molar-refractivity contribution in [3.05, 3.63) is 89.5 Å². The van der Waals surface area contributed by atoms with Crippen LogP contribution >= 0.6 is 0 Å². The van der Waals surface area contributed by atoms with Crippen molar-refractivity contribution in [3.8, 4) is 0 Å². The van der Waals surface area contributed by atoms with Gasteiger partial charge in [0.05, 0.1) is 21.3 Å². The average Bonchev–Trinajstić information content (AvgIpc) is 2.83. The second-order valence-electron chi connectivity index (χ2n) is 8.68. The van der Waals surface area contributed by atoms with Gasteiger partial charge < -0.3 is 0 Å². The van der Waals surface area contributed by atoms with Crippen LogP contribution in [0.15, 0.2) is 87.5 Å². The lowest BCUT2D eigenvalue weighted by atomic mass is 10.2. The summed E-state index contributed by atoms with van der Waals surface area (Å²) in [5.41, 5.74) is 2.63. The van der Waals surface area contributed by atoms with Crippen molar-refractivity contribution >= 4 is 30.2 Å². The van der Waals surface area contributed by atoms with E-state index < -0.39 is 42.8 Å². The minimum atomic E-state index is -4.17. The Bertz CT molecular complexity index is 1520. The predicted octanol–water partition coefficient (Wildman–Crippen LogP) is 3.03. The summed E-state index contributed by atoms with van der Waals surface area (Å²) in [7, 11) is -12.1. The number of aryl methyl sites for hydroxylation is 3. The summed E-state index contributed by atoms with van der Waals surface area (Å²) in [6.45, 7) is 4.76. The van der Waals surface area contributed by atoms with Crippen molar-refractivity contribution in [1.29, 1.82) is 0 Å². The van der Waals surface area contributed by atoms with E-state index in [4.69, 9.17) is 4.18 Å². The fraction of sp³-hybridized carbons (Fsp3) is 0.280. The van der Waals surface area contributed by atoms with Crippen molar-refractivity contribution < 1.29 is 29.4 Å². The molecule has 0 aromatic heterocycles. The maximum absolute atomic E-state index is 12.9. The van der Waals surface area contributed by atoms with E-state index in [2.05, 4.69) is 9.44 Å². The Morgan fingerprint density at radius 2 is 1.03 bits per heavy atom. The van der Waals surface area contributed by atoms with Crippen molar-refractivity contribution in [2.45, 2.75) is 47.9 Å². The third-order valence-electron chi connectivity index (χ3n) is 5.50. The van der Waals surface area contributed by atoms with E-state index in [0.29, 0.717) is 0 Å². The number of rotatable bonds is 12. The standard InChI is InChI=1S/C25H30N2O7S3/c1-19-4-10-23(11-5-19)35(28,29)26-17-16-22(27-36(30,31)24-12-6-20(2)7-13-24)18-34-37(32,33)25-14-8-21(3)9-15-25/h4-15,22,26-27H,16-18H2,1-3H3/t22-/m1/s1. The Morgan fingerprint density at radius 3 is 1.49 bits per heavy atom. The molecule has 37 heavy (non-hydrogen) atoms. The van der Waals surface area contributed by atoms with Gasteiger partial charge >= 0.3 is 0 Å². The highest BCUT2D eigenvalue weighted by molar-refractivity contribution is 7.89. The molecule has 0 aliphatic carbocycles. The summed E-state index contributed by atoms with van der Waals surface area (Å²) in [4.78, 5) is -0.0175. The van der Waals surface area contributed by atoms with Gasteiger partial charge in [-0.2, -0.15) is 8.42 Å². The molecule has 200 valence electrons. The molecule has 0 aliphatic heterocycles. The smallest absolute Gasteiger partial charge is 0.265 e. The molecular formula is C25H30N2O7S3. The normalized spacial score (nSPS) is 13.4. The summed E-state index contributed by atoms with van der Waals surface area (Å²) in [5, 5.41) is 0. The van der Waals surface area contributed by atoms with Gasteiger partial charge in [-0.05, 0) is 63.6 Å². The summed E-state index contributed by atoms with van der Waals surface area (Å²) < 4.78 is 86.5. The van der Waals surface area contributed by atoms with E-state index >= 15 is 0 Å². The molecule has 1 atom stereocenters. The van der Waals surface area contributed by atoms with Gasteiger partial charge in [-0.15, -0.1) is 0 Å². The molecule has 0 saturated heterocycles. The van der Waals surface area contributed by atoms with E-state index in [0.717, 1.165) is 16.7 Å². The van der Waals surface area contributed by atoms with Crippen LogP contribution in [-0.2, 0) is 34.3 Å². The van der Waals surface area contributed by atoms with Crippen molar-refractivity contribution in [1.82, 2.24) is 9.44 Å². The number of hydrogen-bond donors (Lipinski definition) is 2. The van der Waals surface area contributed by atoms with Crippen LogP contribution in [-0.4, -0.2) is 44.4 Å². The molecular weight excluding hydrogens is 536 g/mol. The predicted molar refractivity (Wildman–Crippen MR) is 141 cm³/mol. The minimum absolute atomic E-state index is 0.00951. The van der Waals surface area contributed by atoms with Crippen LogP contribution < -0.4 is 9.44 Å². The lowest BCUT2D eigenvalue weighted by Gasteiger charge is -2.19. The molecule has 0 bridgehead atoms. The fourth-order valence-electron chi connectivity index (χ4n) is 3.29. The van der Waals surface area contributed by atoms with Gasteiger partial charge in [0.25, 0.3) is 10.1 Å². The quantitative estimate of drug-likeness (QED) is 0.322. The highest BCUT2D eigenvalue weighted by Crippen LogP contribution is 2.16. The first kappa shape index (κ1) is 29.0. The maximum atomic E-state index is 12.9. The van der Waals surface area contributed by atoms with E-state index in [-0.39, 0.29) is 27.7 Å². The Labute approximate surface area is 219 Å². The van der Waals surface area contributed by atoms with Gasteiger partial charge in [0, 0.05) is 12.6 Å². The molecule has 0 fully saturated rings. The van der Waals surface area contributed by atoms with Crippen molar-refractivity contribution in [2.24, 2.45) is 0 Å². The Kier molecular flexibility index (Phi) is 9.27. The maximum Gasteiger partial charge on any atom is 0.297 e. The van der Waals surface area contributed by atoms with E-state index in [9.17, 15) is 25.3 Å². The van der Waals surface area contributed by atoms with Gasteiger partial charge in [0.15, 0.2) is 0 Å². The number of sulfonamides is 2. The van der Waals surface area contributed by atoms with Gasteiger partial charge in [0.2, 0.25) is 20.0 Å². The topological polar surface area (TPSA) is 136 Å². The molecule has 0 saturated carbocycles. The first-order valence-electron chi connectivity index (χ1n) is 11.4. The van der Waals surface area contributed by atoms with Crippen LogP contribution in [0, 0.1) is 20.8 Å². The molecule has 0 amide bonds. The highest BCUT2D eigenvalue weighted by atomic mass is 32.2. The second-order valence-corrected chi connectivity index (χ2v) is 13.8. The molecule has 9 nitrogen and oxygen atoms in total. The molecule has 0 heterocycles. The molecule has 12 heteroatoms. The second kappa shape index (κ2) is 11.8. The largest absolute Gasteiger partial charge is 0.297 e. The van der Waals surface area contributed by atoms with Crippen LogP contribution in [0.3, 0.4) is 0 Å². The Hall–Kier alpha value is -2.61. The molecule has 0 unspecified atom stereocenters. The highest BCUT2D eigenvalue weighted by Gasteiger charge is 2.24. The molecule has 3 aromatic carbocycles. The van der Waals surface area contributed by atoms with Gasteiger partial charge in [-0.1, -0.05) is 53.1 Å². The first-order valence-corrected chi connectivity index (χ1v) is 15.8. The van der Waals surface area contributed by atoms with Crippen LogP contribution in [0.25, 0.3) is 0 Å². The third-order valence-corrected chi connectivity index (χ3v) is 9.81. The van der Waals surface area contributed by atoms with Crippen LogP contribution in [0.4, 0.5) is 0 Å². The average molecular weight is 567 g/mol. The van der Waals surface area contributed by atoms with Gasteiger partial charge in [-0.3, -0.25) is 4.18 Å². The van der Waals surface area contributed by atoms with E-state index in [1.54, 1.807) is 36.4 Å². The molecule has 0 spiro atoms. The minimum Gasteiger partial charge on any atom is -0.265 e. The van der Waals surface area contributed by atoms with Crippen molar-refractivity contribution in [3.63, 3.8) is 0 Å². The first-order chi connectivity index (χ1) is 17.3. The van der Waals surface area contributed by atoms with Crippen LogP contribution in [0.2, 0.25) is 0 Å². The van der Waals surface area contributed by atoms with E-state index in [1.807, 2.05) is 20.8 Å². The number of nitrogens with one attached hydrogen (secondary N) is 2. The van der Waals surface area contributed by atoms with Gasteiger partial charge in [0.1, 0.15) is 0 Å². The van der Waals surface area contributed by atoms with E-state index in [1.165, 1.54) is 36.4 Å². The van der Waals surface area contributed by atoms with Crippen molar-refractivity contribution in [2.75, 3.05) is 13.2 Å². The lowest BCUT2D eigenvalue weighted by Crippen LogP contribution is -2.41. The molecule has 0 aliphatic rings. The molecule has 0 radical (unpaired) electrons. The summed E-state index contributed by atoms with van der Waals surface area (Å²) in [6.07, 6.45) is -0.0698. The molecule has 3 rings (SSSR count). The van der Waals surface area contributed by atoms with Crippen LogP contribution in [0.1, 0.15) is 23.1 Å². The Morgan fingerprint density at radius 1 is 0.622 bits per heavy atom.